The van der Waals surface area contributed by atoms with Crippen LogP contribution in [0.25, 0.3) is 0 Å². The van der Waals surface area contributed by atoms with Gasteiger partial charge in [0.25, 0.3) is 0 Å². The van der Waals surface area contributed by atoms with E-state index in [0.717, 1.165) is 16.7 Å². The van der Waals surface area contributed by atoms with Crippen LogP contribution >= 0.6 is 15.9 Å². The van der Waals surface area contributed by atoms with Crippen molar-refractivity contribution >= 4 is 15.9 Å². The fraction of sp³-hybridized carbons (Fsp3) is 1.00. The predicted octanol–water partition coefficient (Wildman–Crippen LogP) is 2.04. The summed E-state index contributed by atoms with van der Waals surface area (Å²) in [7, 11) is 0. The third-order valence-electron chi connectivity index (χ3n) is 3.37. The highest BCUT2D eigenvalue weighted by Gasteiger charge is 2.67. The molecule has 4 aliphatic carbocycles. The molecule has 4 aliphatic rings. The largest absolute Gasteiger partial charge is 0.0884 e. The first-order chi connectivity index (χ1) is 3.88. The molecule has 0 aromatic carbocycles. The maximum absolute atomic E-state index is 3.75. The minimum absolute atomic E-state index is 0.942. The molecule has 0 aromatic rings. The van der Waals surface area contributed by atoms with Crippen LogP contribution < -0.4 is 0 Å². The van der Waals surface area contributed by atoms with E-state index < -0.39 is 0 Å². The van der Waals surface area contributed by atoms with Gasteiger partial charge in [-0.2, -0.15) is 0 Å². The molecule has 0 N–H and O–H groups in total. The highest BCUT2D eigenvalue weighted by Crippen LogP contribution is 2.72. The molecular formula is C7H9Br. The molecule has 0 aliphatic heterocycles. The summed E-state index contributed by atoms with van der Waals surface area (Å²) in [5.41, 5.74) is 0. The van der Waals surface area contributed by atoms with Crippen LogP contribution in [0.15, 0.2) is 0 Å². The Morgan fingerprint density at radius 3 is 1.88 bits per heavy atom. The molecule has 4 bridgehead atoms. The van der Waals surface area contributed by atoms with Crippen LogP contribution in [-0.2, 0) is 0 Å². The zero-order valence-electron chi connectivity index (χ0n) is 4.68. The fourth-order valence-corrected chi connectivity index (χ4v) is 4.20. The minimum atomic E-state index is 0.942. The van der Waals surface area contributed by atoms with Gasteiger partial charge in [-0.05, 0) is 36.5 Å². The van der Waals surface area contributed by atoms with Gasteiger partial charge in [0.05, 0.1) is 0 Å². The zero-order valence-corrected chi connectivity index (χ0v) is 6.26. The smallest absolute Gasteiger partial charge is 0.0208 e. The average Bonchev–Trinajstić information content (AvgIpc) is 2.23. The van der Waals surface area contributed by atoms with E-state index in [2.05, 4.69) is 15.9 Å². The Kier molecular flexibility index (Phi) is 0.555. The van der Waals surface area contributed by atoms with Crippen LogP contribution in [0, 0.1) is 23.7 Å². The molecule has 0 nitrogen and oxygen atoms in total. The molecule has 44 valence electrons. The molecule has 3 unspecified atom stereocenters. The highest BCUT2D eigenvalue weighted by molar-refractivity contribution is 9.09. The van der Waals surface area contributed by atoms with Crippen molar-refractivity contribution in [3.8, 4) is 0 Å². The van der Waals surface area contributed by atoms with Crippen molar-refractivity contribution < 1.29 is 0 Å². The molecule has 0 aromatic heterocycles. The summed E-state index contributed by atoms with van der Waals surface area (Å²) in [6.07, 6.45) is 3.12. The molecule has 5 atom stereocenters. The fourth-order valence-electron chi connectivity index (χ4n) is 2.98. The normalized spacial score (nSPS) is 73.9. The quantitative estimate of drug-likeness (QED) is 0.491. The van der Waals surface area contributed by atoms with E-state index in [4.69, 9.17) is 0 Å². The summed E-state index contributed by atoms with van der Waals surface area (Å²) in [5.74, 6) is 4.60. The lowest BCUT2D eigenvalue weighted by molar-refractivity contribution is 0.620. The van der Waals surface area contributed by atoms with Gasteiger partial charge in [-0.1, -0.05) is 15.9 Å². The second-order valence-corrected chi connectivity index (χ2v) is 4.64. The summed E-state index contributed by atoms with van der Waals surface area (Å²) in [6.45, 7) is 0. The van der Waals surface area contributed by atoms with E-state index in [1.54, 1.807) is 12.8 Å². The van der Waals surface area contributed by atoms with E-state index in [1.807, 2.05) is 0 Å². The highest BCUT2D eigenvalue weighted by atomic mass is 79.9. The van der Waals surface area contributed by atoms with Gasteiger partial charge < -0.3 is 0 Å². The molecule has 0 amide bonds. The monoisotopic (exact) mass is 172 g/mol. The number of rotatable bonds is 0. The standard InChI is InChI=1S/C7H9Br/c8-7-3-1-4-5(2-3)6(4)7/h3-7H,1-2H2/t3?,4-,5?,6?,7-/m0/s1. The molecule has 0 radical (unpaired) electrons. The van der Waals surface area contributed by atoms with Crippen molar-refractivity contribution in [2.45, 2.75) is 17.7 Å². The van der Waals surface area contributed by atoms with Crippen LogP contribution in [0.1, 0.15) is 12.8 Å². The Morgan fingerprint density at radius 2 is 1.75 bits per heavy atom. The Bertz CT molecular complexity index is 129. The summed E-state index contributed by atoms with van der Waals surface area (Å²) < 4.78 is 0. The van der Waals surface area contributed by atoms with Crippen molar-refractivity contribution in [3.63, 3.8) is 0 Å². The van der Waals surface area contributed by atoms with E-state index in [1.165, 1.54) is 11.8 Å². The number of hydrogen-bond donors (Lipinski definition) is 0. The van der Waals surface area contributed by atoms with Crippen molar-refractivity contribution in [2.75, 3.05) is 0 Å². The van der Waals surface area contributed by atoms with Gasteiger partial charge in [0, 0.05) is 4.83 Å². The topological polar surface area (TPSA) is 0 Å². The van der Waals surface area contributed by atoms with Crippen molar-refractivity contribution in [1.82, 2.24) is 0 Å². The molecule has 4 fully saturated rings. The third kappa shape index (κ3) is 0.278. The summed E-state index contributed by atoms with van der Waals surface area (Å²) >= 11 is 3.75. The van der Waals surface area contributed by atoms with E-state index in [9.17, 15) is 0 Å². The van der Waals surface area contributed by atoms with Crippen LogP contribution in [0.3, 0.4) is 0 Å². The molecule has 8 heavy (non-hydrogen) atoms. The van der Waals surface area contributed by atoms with Crippen molar-refractivity contribution in [3.05, 3.63) is 0 Å². The Morgan fingerprint density at radius 1 is 1.12 bits per heavy atom. The number of halogens is 1. The SMILES string of the molecule is Br[C@H]1C2CC3C1[C@H]3C2. The molecule has 4 saturated carbocycles. The maximum atomic E-state index is 3.75. The van der Waals surface area contributed by atoms with Crippen molar-refractivity contribution in [2.24, 2.45) is 23.7 Å². The first-order valence-corrected chi connectivity index (χ1v) is 4.43. The van der Waals surface area contributed by atoms with Gasteiger partial charge in [0.15, 0.2) is 0 Å². The second kappa shape index (κ2) is 1.03. The Hall–Kier alpha value is 0.480. The summed E-state index contributed by atoms with van der Waals surface area (Å²) in [6, 6.07) is 0. The van der Waals surface area contributed by atoms with Gasteiger partial charge in [-0.3, -0.25) is 0 Å². The van der Waals surface area contributed by atoms with E-state index in [-0.39, 0.29) is 0 Å². The third-order valence-corrected chi connectivity index (χ3v) is 4.72. The van der Waals surface area contributed by atoms with Crippen LogP contribution in [-0.4, -0.2) is 4.83 Å². The van der Waals surface area contributed by atoms with Gasteiger partial charge >= 0.3 is 0 Å². The number of hydrogen-bond acceptors (Lipinski definition) is 0. The lowest BCUT2D eigenvalue weighted by atomic mass is 10.1. The number of alkyl halides is 1. The maximum Gasteiger partial charge on any atom is 0.0208 e. The zero-order chi connectivity index (χ0) is 5.30. The first-order valence-electron chi connectivity index (χ1n) is 3.52. The average molecular weight is 173 g/mol. The molecule has 0 spiro atoms. The van der Waals surface area contributed by atoms with Crippen LogP contribution in [0.2, 0.25) is 0 Å². The Balaban J connectivity index is 2.10. The van der Waals surface area contributed by atoms with Crippen LogP contribution in [0.5, 0.6) is 0 Å². The molecule has 0 saturated heterocycles. The van der Waals surface area contributed by atoms with Gasteiger partial charge in [0.2, 0.25) is 0 Å². The molecular weight excluding hydrogens is 164 g/mol. The van der Waals surface area contributed by atoms with Gasteiger partial charge in [0.1, 0.15) is 0 Å². The lowest BCUT2D eigenvalue weighted by Gasteiger charge is -2.02. The first kappa shape index (κ1) is 4.32. The molecule has 0 heterocycles. The Labute approximate surface area is 57.8 Å². The summed E-state index contributed by atoms with van der Waals surface area (Å²) in [4.78, 5) is 0.942. The van der Waals surface area contributed by atoms with E-state index in [0.29, 0.717) is 0 Å². The molecule has 4 rings (SSSR count). The van der Waals surface area contributed by atoms with Crippen LogP contribution in [0.4, 0.5) is 0 Å². The van der Waals surface area contributed by atoms with Gasteiger partial charge in [-0.15, -0.1) is 0 Å². The second-order valence-electron chi connectivity index (χ2n) is 3.58. The van der Waals surface area contributed by atoms with E-state index >= 15 is 0 Å². The predicted molar refractivity (Wildman–Crippen MR) is 35.9 cm³/mol. The van der Waals surface area contributed by atoms with Gasteiger partial charge in [-0.25, -0.2) is 0 Å². The lowest BCUT2D eigenvalue weighted by Crippen LogP contribution is -2.00. The molecule has 1 heteroatoms. The minimum Gasteiger partial charge on any atom is -0.0884 e. The summed E-state index contributed by atoms with van der Waals surface area (Å²) in [5, 5.41) is 0. The van der Waals surface area contributed by atoms with Crippen molar-refractivity contribution in [1.29, 1.82) is 0 Å².